The van der Waals surface area contributed by atoms with Crippen molar-refractivity contribution < 1.29 is 14.3 Å². The molecule has 28 heavy (non-hydrogen) atoms. The Balaban J connectivity index is 1.39. The monoisotopic (exact) mass is 382 g/mol. The molecule has 148 valence electrons. The molecule has 7 nitrogen and oxygen atoms in total. The third-order valence-corrected chi connectivity index (χ3v) is 5.70. The van der Waals surface area contributed by atoms with E-state index >= 15 is 0 Å². The fourth-order valence-corrected chi connectivity index (χ4v) is 3.94. The number of rotatable bonds is 4. The average molecular weight is 382 g/mol. The zero-order valence-corrected chi connectivity index (χ0v) is 16.4. The highest BCUT2D eigenvalue weighted by molar-refractivity contribution is 5.97. The van der Waals surface area contributed by atoms with Gasteiger partial charge in [-0.15, -0.1) is 0 Å². The summed E-state index contributed by atoms with van der Waals surface area (Å²) in [7, 11) is 0. The molecule has 2 aromatic rings. The van der Waals surface area contributed by atoms with Gasteiger partial charge in [0.2, 0.25) is 0 Å². The minimum atomic E-state index is -0.445. The van der Waals surface area contributed by atoms with Crippen molar-refractivity contribution in [3.8, 4) is 0 Å². The van der Waals surface area contributed by atoms with Gasteiger partial charge in [-0.3, -0.25) is 14.8 Å². The van der Waals surface area contributed by atoms with Crippen LogP contribution in [0.3, 0.4) is 0 Å². The van der Waals surface area contributed by atoms with E-state index in [1.165, 1.54) is 0 Å². The molecule has 1 aromatic heterocycles. The largest absolute Gasteiger partial charge is 0.441 e. The van der Waals surface area contributed by atoms with E-state index in [1.54, 1.807) is 24.5 Å². The topological polar surface area (TPSA) is 75.6 Å². The molecule has 2 fully saturated rings. The van der Waals surface area contributed by atoms with Crippen LogP contribution in [0.4, 0.5) is 4.79 Å². The van der Waals surface area contributed by atoms with Gasteiger partial charge >= 0.3 is 6.09 Å². The van der Waals surface area contributed by atoms with Gasteiger partial charge < -0.3 is 14.5 Å². The molecule has 1 spiro atoms. The highest BCUT2D eigenvalue weighted by Gasteiger charge is 2.47. The van der Waals surface area contributed by atoms with E-state index in [0.29, 0.717) is 49.5 Å². The third kappa shape index (κ3) is 3.66. The van der Waals surface area contributed by atoms with Crippen molar-refractivity contribution in [1.82, 2.24) is 19.8 Å². The molecule has 0 aliphatic carbocycles. The Hall–Kier alpha value is -2.70. The lowest BCUT2D eigenvalue weighted by Crippen LogP contribution is -2.48. The second kappa shape index (κ2) is 7.37. The second-order valence-electron chi connectivity index (χ2n) is 8.21. The fourth-order valence-electron chi connectivity index (χ4n) is 3.94. The van der Waals surface area contributed by atoms with E-state index in [4.69, 9.17) is 4.74 Å². The summed E-state index contributed by atoms with van der Waals surface area (Å²) < 4.78 is 5.76. The van der Waals surface area contributed by atoms with Crippen molar-refractivity contribution in [3.05, 3.63) is 36.2 Å². The van der Waals surface area contributed by atoms with E-state index in [0.717, 1.165) is 18.5 Å². The Morgan fingerprint density at radius 1 is 1.18 bits per heavy atom. The van der Waals surface area contributed by atoms with Gasteiger partial charge in [0.1, 0.15) is 5.60 Å². The summed E-state index contributed by atoms with van der Waals surface area (Å²) in [6.07, 6.45) is 5.38. The smallest absolute Gasteiger partial charge is 0.410 e. The first kappa shape index (κ1) is 18.7. The van der Waals surface area contributed by atoms with Crippen LogP contribution in [0.15, 0.2) is 30.6 Å². The molecule has 0 N–H and O–H groups in total. The van der Waals surface area contributed by atoms with Crippen LogP contribution in [0.5, 0.6) is 0 Å². The molecule has 0 atom stereocenters. The highest BCUT2D eigenvalue weighted by Crippen LogP contribution is 2.34. The summed E-state index contributed by atoms with van der Waals surface area (Å²) in [6.45, 7) is 6.84. The molecule has 2 amide bonds. The fraction of sp³-hybridized carbons (Fsp3) is 0.524. The molecular formula is C21H26N4O3. The van der Waals surface area contributed by atoms with Crippen molar-refractivity contribution in [2.45, 2.75) is 38.7 Å². The minimum Gasteiger partial charge on any atom is -0.441 e. The summed E-state index contributed by atoms with van der Waals surface area (Å²) in [5.41, 5.74) is 1.66. The highest BCUT2D eigenvalue weighted by atomic mass is 16.6. The molecule has 0 unspecified atom stereocenters. The standard InChI is InChI=1S/C21H26N4O3/c1-15(2)5-10-25-14-21(28-20(25)27)6-11-24(12-7-21)19(26)16-3-4-17-18(13-16)23-9-8-22-17/h3-4,8-9,13,15H,5-7,10-12,14H2,1-2H3. The first-order chi connectivity index (χ1) is 13.5. The van der Waals surface area contributed by atoms with Crippen LogP contribution in [-0.2, 0) is 4.74 Å². The second-order valence-corrected chi connectivity index (χ2v) is 8.21. The summed E-state index contributed by atoms with van der Waals surface area (Å²) >= 11 is 0. The lowest BCUT2D eigenvalue weighted by molar-refractivity contribution is 0.00313. The Labute approximate surface area is 164 Å². The number of aromatic nitrogens is 2. The number of hydrogen-bond donors (Lipinski definition) is 0. The van der Waals surface area contributed by atoms with Gasteiger partial charge in [0.25, 0.3) is 5.91 Å². The van der Waals surface area contributed by atoms with Crippen molar-refractivity contribution in [3.63, 3.8) is 0 Å². The Bertz CT molecular complexity index is 890. The number of hydrogen-bond acceptors (Lipinski definition) is 5. The average Bonchev–Trinajstić information content (AvgIpc) is 3.01. The predicted molar refractivity (Wildman–Crippen MR) is 105 cm³/mol. The molecule has 3 heterocycles. The SMILES string of the molecule is CC(C)CCN1CC2(CCN(C(=O)c3ccc4nccnc4c3)CC2)OC1=O. The quantitative estimate of drug-likeness (QED) is 0.812. The Morgan fingerprint density at radius 3 is 2.61 bits per heavy atom. The molecule has 1 aromatic carbocycles. The normalized spacial score (nSPS) is 18.9. The zero-order valence-electron chi connectivity index (χ0n) is 16.4. The van der Waals surface area contributed by atoms with Gasteiger partial charge in [-0.05, 0) is 30.5 Å². The maximum Gasteiger partial charge on any atom is 0.410 e. The number of nitrogens with zero attached hydrogens (tertiary/aromatic N) is 4. The molecule has 7 heteroatoms. The van der Waals surface area contributed by atoms with E-state index < -0.39 is 5.60 Å². The van der Waals surface area contributed by atoms with E-state index in [9.17, 15) is 9.59 Å². The molecule has 4 rings (SSSR count). The van der Waals surface area contributed by atoms with E-state index in [2.05, 4.69) is 23.8 Å². The van der Waals surface area contributed by atoms with Gasteiger partial charge in [0.05, 0.1) is 17.6 Å². The number of ether oxygens (including phenoxy) is 1. The number of piperidine rings is 1. The van der Waals surface area contributed by atoms with Crippen molar-refractivity contribution in [2.75, 3.05) is 26.2 Å². The van der Waals surface area contributed by atoms with Gasteiger partial charge in [-0.1, -0.05) is 13.8 Å². The lowest BCUT2D eigenvalue weighted by atomic mass is 9.91. The molecule has 2 aliphatic rings. The maximum absolute atomic E-state index is 12.9. The first-order valence-corrected chi connectivity index (χ1v) is 9.94. The lowest BCUT2D eigenvalue weighted by Gasteiger charge is -2.37. The first-order valence-electron chi connectivity index (χ1n) is 9.94. The minimum absolute atomic E-state index is 0.0107. The van der Waals surface area contributed by atoms with Crippen LogP contribution in [0.2, 0.25) is 0 Å². The molecule has 0 radical (unpaired) electrons. The summed E-state index contributed by atoms with van der Waals surface area (Å²) in [4.78, 5) is 37.3. The van der Waals surface area contributed by atoms with Crippen molar-refractivity contribution in [2.24, 2.45) is 5.92 Å². The van der Waals surface area contributed by atoms with Gasteiger partial charge in [0, 0.05) is 50.4 Å². The van der Waals surface area contributed by atoms with E-state index in [1.807, 2.05) is 15.9 Å². The van der Waals surface area contributed by atoms with Gasteiger partial charge in [0.15, 0.2) is 0 Å². The van der Waals surface area contributed by atoms with Gasteiger partial charge in [-0.2, -0.15) is 0 Å². The number of carbonyl (C=O) groups is 2. The third-order valence-electron chi connectivity index (χ3n) is 5.70. The van der Waals surface area contributed by atoms with Crippen LogP contribution >= 0.6 is 0 Å². The molecule has 0 bridgehead atoms. The number of carbonyl (C=O) groups excluding carboxylic acids is 2. The van der Waals surface area contributed by atoms with Crippen LogP contribution in [0.1, 0.15) is 43.5 Å². The van der Waals surface area contributed by atoms with E-state index in [-0.39, 0.29) is 12.0 Å². The number of amides is 2. The Kier molecular flexibility index (Phi) is 4.91. The number of benzene rings is 1. The summed E-state index contributed by atoms with van der Waals surface area (Å²) in [5, 5.41) is 0. The van der Waals surface area contributed by atoms with Crippen LogP contribution < -0.4 is 0 Å². The van der Waals surface area contributed by atoms with Crippen LogP contribution in [0, 0.1) is 5.92 Å². The number of fused-ring (bicyclic) bond motifs is 1. The van der Waals surface area contributed by atoms with Crippen molar-refractivity contribution in [1.29, 1.82) is 0 Å². The molecule has 2 saturated heterocycles. The van der Waals surface area contributed by atoms with Crippen LogP contribution in [-0.4, -0.2) is 63.5 Å². The molecule has 2 aliphatic heterocycles. The molecular weight excluding hydrogens is 356 g/mol. The number of likely N-dealkylation sites (tertiary alicyclic amines) is 1. The maximum atomic E-state index is 12.9. The summed E-state index contributed by atoms with van der Waals surface area (Å²) in [5.74, 6) is 0.541. The summed E-state index contributed by atoms with van der Waals surface area (Å²) in [6, 6.07) is 5.41. The van der Waals surface area contributed by atoms with Crippen LogP contribution in [0.25, 0.3) is 11.0 Å². The van der Waals surface area contributed by atoms with Crippen molar-refractivity contribution >= 4 is 23.0 Å². The van der Waals surface area contributed by atoms with Gasteiger partial charge in [-0.25, -0.2) is 4.79 Å². The predicted octanol–water partition coefficient (Wildman–Crippen LogP) is 3.10. The zero-order chi connectivity index (χ0) is 19.7. The Morgan fingerprint density at radius 2 is 1.89 bits per heavy atom. The molecule has 0 saturated carbocycles.